The number of nitrogens with zero attached hydrogens (tertiary/aromatic N) is 4. The second-order valence-electron chi connectivity index (χ2n) is 7.21. The van der Waals surface area contributed by atoms with Gasteiger partial charge in [-0.3, -0.25) is 4.79 Å². The van der Waals surface area contributed by atoms with Gasteiger partial charge in [0.15, 0.2) is 6.61 Å². The van der Waals surface area contributed by atoms with Gasteiger partial charge in [0.1, 0.15) is 17.5 Å². The topological polar surface area (TPSA) is 101 Å². The monoisotopic (exact) mass is 418 g/mol. The van der Waals surface area contributed by atoms with Crippen LogP contribution in [-0.2, 0) is 4.79 Å². The highest BCUT2D eigenvalue weighted by Crippen LogP contribution is 2.31. The minimum absolute atomic E-state index is 0.120. The molecule has 1 atom stereocenters. The van der Waals surface area contributed by atoms with Crippen molar-refractivity contribution in [2.75, 3.05) is 20.3 Å². The third-order valence-electron chi connectivity index (χ3n) is 5.22. The molecule has 1 aliphatic rings. The lowest BCUT2D eigenvalue weighted by atomic mass is 10.0. The summed E-state index contributed by atoms with van der Waals surface area (Å²) in [5.74, 6) is 1.97. The summed E-state index contributed by atoms with van der Waals surface area (Å²) in [7, 11) is 1.61. The van der Waals surface area contributed by atoms with Crippen molar-refractivity contribution < 1.29 is 18.8 Å². The quantitative estimate of drug-likeness (QED) is 0.601. The van der Waals surface area contributed by atoms with E-state index in [4.69, 9.17) is 19.3 Å². The smallest absolute Gasteiger partial charge is 0.261 e. The molecule has 8 nitrogen and oxygen atoms in total. The average Bonchev–Trinajstić information content (AvgIpc) is 3.33. The van der Waals surface area contributed by atoms with Gasteiger partial charge in [0.05, 0.1) is 18.7 Å². The van der Waals surface area contributed by atoms with Gasteiger partial charge in [0.2, 0.25) is 11.7 Å². The molecule has 0 N–H and O–H groups in total. The highest BCUT2D eigenvalue weighted by Gasteiger charge is 2.32. The lowest BCUT2D eigenvalue weighted by Gasteiger charge is -2.33. The summed E-state index contributed by atoms with van der Waals surface area (Å²) >= 11 is 0. The maximum Gasteiger partial charge on any atom is 0.261 e. The molecule has 0 bridgehead atoms. The van der Waals surface area contributed by atoms with E-state index in [0.717, 1.165) is 30.6 Å². The third kappa shape index (κ3) is 4.67. The predicted molar refractivity (Wildman–Crippen MR) is 111 cm³/mol. The first kappa shape index (κ1) is 20.4. The van der Waals surface area contributed by atoms with Crippen molar-refractivity contribution in [1.82, 2.24) is 15.0 Å². The van der Waals surface area contributed by atoms with E-state index in [2.05, 4.69) is 16.2 Å². The van der Waals surface area contributed by atoms with E-state index in [0.29, 0.717) is 29.6 Å². The highest BCUT2D eigenvalue weighted by molar-refractivity contribution is 5.78. The zero-order chi connectivity index (χ0) is 21.6. The molecule has 3 aromatic rings. The van der Waals surface area contributed by atoms with E-state index >= 15 is 0 Å². The largest absolute Gasteiger partial charge is 0.497 e. The number of piperidine rings is 1. The van der Waals surface area contributed by atoms with Crippen LogP contribution in [0.3, 0.4) is 0 Å². The molecular weight excluding hydrogens is 396 g/mol. The lowest BCUT2D eigenvalue weighted by molar-refractivity contribution is -0.138. The summed E-state index contributed by atoms with van der Waals surface area (Å²) < 4.78 is 16.3. The number of ether oxygens (including phenoxy) is 2. The van der Waals surface area contributed by atoms with Crippen molar-refractivity contribution in [2.45, 2.75) is 25.3 Å². The van der Waals surface area contributed by atoms with Gasteiger partial charge in [-0.25, -0.2) is 0 Å². The standard InChI is InChI=1S/C23H22N4O4/c1-29-18-10-8-17(9-11-18)22-25-23(31-26-22)20-7-2-3-12-27(20)21(28)15-30-19-6-4-5-16(13-19)14-24/h4-6,8-11,13,20H,2-3,7,12,15H2,1H3. The summed E-state index contributed by atoms with van der Waals surface area (Å²) in [4.78, 5) is 19.2. The summed E-state index contributed by atoms with van der Waals surface area (Å²) in [5.41, 5.74) is 1.29. The first-order valence-corrected chi connectivity index (χ1v) is 10.1. The minimum Gasteiger partial charge on any atom is -0.497 e. The van der Waals surface area contributed by atoms with Crippen molar-refractivity contribution >= 4 is 5.91 Å². The Bertz CT molecular complexity index is 1090. The van der Waals surface area contributed by atoms with E-state index in [1.54, 1.807) is 36.3 Å². The van der Waals surface area contributed by atoms with E-state index in [1.165, 1.54) is 0 Å². The SMILES string of the molecule is COc1ccc(-c2noc(C3CCCCN3C(=O)COc3cccc(C#N)c3)n2)cc1. The summed E-state index contributed by atoms with van der Waals surface area (Å²) in [6.45, 7) is 0.482. The van der Waals surface area contributed by atoms with Crippen LogP contribution in [0.25, 0.3) is 11.4 Å². The first-order valence-electron chi connectivity index (χ1n) is 10.1. The molecule has 0 radical (unpaired) electrons. The number of carbonyl (C=O) groups excluding carboxylic acids is 1. The van der Waals surface area contributed by atoms with Gasteiger partial charge < -0.3 is 18.9 Å². The van der Waals surface area contributed by atoms with Crippen molar-refractivity contribution in [3.8, 4) is 29.0 Å². The fourth-order valence-electron chi connectivity index (χ4n) is 3.60. The number of methoxy groups -OCH3 is 1. The molecule has 0 aliphatic carbocycles. The molecule has 2 aromatic carbocycles. The van der Waals surface area contributed by atoms with Crippen LogP contribution < -0.4 is 9.47 Å². The van der Waals surface area contributed by atoms with Gasteiger partial charge in [0.25, 0.3) is 5.91 Å². The molecular formula is C23H22N4O4. The van der Waals surface area contributed by atoms with Gasteiger partial charge >= 0.3 is 0 Å². The molecule has 0 saturated carbocycles. The number of hydrogen-bond donors (Lipinski definition) is 0. The van der Waals surface area contributed by atoms with E-state index in [-0.39, 0.29) is 18.6 Å². The minimum atomic E-state index is -0.283. The van der Waals surface area contributed by atoms with Crippen LogP contribution in [0.5, 0.6) is 11.5 Å². The molecule has 1 aromatic heterocycles. The van der Waals surface area contributed by atoms with E-state index in [9.17, 15) is 4.79 Å². The summed E-state index contributed by atoms with van der Waals surface area (Å²) in [6.07, 6.45) is 2.63. The van der Waals surface area contributed by atoms with Crippen LogP contribution in [0.4, 0.5) is 0 Å². The number of nitriles is 1. The molecule has 1 amide bonds. The Labute approximate surface area is 180 Å². The fraction of sp³-hybridized carbons (Fsp3) is 0.304. The second kappa shape index (κ2) is 9.30. The molecule has 1 unspecified atom stereocenters. The van der Waals surface area contributed by atoms with Crippen LogP contribution >= 0.6 is 0 Å². The van der Waals surface area contributed by atoms with Crippen LogP contribution in [0, 0.1) is 11.3 Å². The number of rotatable bonds is 6. The first-order chi connectivity index (χ1) is 15.2. The summed E-state index contributed by atoms with van der Waals surface area (Å²) in [6, 6.07) is 15.9. The maximum atomic E-state index is 12.9. The number of benzene rings is 2. The highest BCUT2D eigenvalue weighted by atomic mass is 16.5. The Morgan fingerprint density at radius 1 is 1.23 bits per heavy atom. The number of carbonyl (C=O) groups is 1. The Morgan fingerprint density at radius 2 is 2.06 bits per heavy atom. The van der Waals surface area contributed by atoms with Crippen LogP contribution in [-0.4, -0.2) is 41.2 Å². The van der Waals surface area contributed by atoms with Crippen molar-refractivity contribution in [3.05, 3.63) is 60.0 Å². The molecule has 31 heavy (non-hydrogen) atoms. The van der Waals surface area contributed by atoms with E-state index in [1.807, 2.05) is 24.3 Å². The average molecular weight is 418 g/mol. The molecule has 1 saturated heterocycles. The van der Waals surface area contributed by atoms with Crippen molar-refractivity contribution in [1.29, 1.82) is 5.26 Å². The van der Waals surface area contributed by atoms with Crippen LogP contribution in [0.2, 0.25) is 0 Å². The Morgan fingerprint density at radius 3 is 2.84 bits per heavy atom. The Balaban J connectivity index is 1.46. The van der Waals surface area contributed by atoms with Crippen LogP contribution in [0.15, 0.2) is 53.1 Å². The zero-order valence-electron chi connectivity index (χ0n) is 17.2. The number of aromatic nitrogens is 2. The molecule has 8 heteroatoms. The maximum absolute atomic E-state index is 12.9. The van der Waals surface area contributed by atoms with Crippen molar-refractivity contribution in [2.24, 2.45) is 0 Å². The molecule has 1 fully saturated rings. The molecule has 2 heterocycles. The van der Waals surface area contributed by atoms with Crippen LogP contribution in [0.1, 0.15) is 36.8 Å². The molecule has 0 spiro atoms. The van der Waals surface area contributed by atoms with E-state index < -0.39 is 0 Å². The summed E-state index contributed by atoms with van der Waals surface area (Å²) in [5, 5.41) is 13.1. The third-order valence-corrected chi connectivity index (χ3v) is 5.22. The van der Waals surface area contributed by atoms with Gasteiger partial charge in [-0.05, 0) is 61.7 Å². The van der Waals surface area contributed by atoms with Gasteiger partial charge in [-0.2, -0.15) is 10.2 Å². The normalized spacial score (nSPS) is 15.9. The molecule has 158 valence electrons. The van der Waals surface area contributed by atoms with Gasteiger partial charge in [-0.1, -0.05) is 11.2 Å². The predicted octanol–water partition coefficient (Wildman–Crippen LogP) is 3.75. The number of likely N-dealkylation sites (tertiary alicyclic amines) is 1. The van der Waals surface area contributed by atoms with Gasteiger partial charge in [-0.15, -0.1) is 0 Å². The van der Waals surface area contributed by atoms with Crippen molar-refractivity contribution in [3.63, 3.8) is 0 Å². The fourth-order valence-corrected chi connectivity index (χ4v) is 3.60. The Hall–Kier alpha value is -3.86. The lowest BCUT2D eigenvalue weighted by Crippen LogP contribution is -2.41. The number of amides is 1. The Kier molecular flexibility index (Phi) is 6.13. The zero-order valence-corrected chi connectivity index (χ0v) is 17.2. The van der Waals surface area contributed by atoms with Gasteiger partial charge in [0, 0.05) is 12.1 Å². The molecule has 4 rings (SSSR count). The second-order valence-corrected chi connectivity index (χ2v) is 7.21. The molecule has 1 aliphatic heterocycles. The number of hydrogen-bond acceptors (Lipinski definition) is 7.